The lowest BCUT2D eigenvalue weighted by atomic mass is 10.0. The number of hydrogen-bond donors (Lipinski definition) is 2. The van der Waals surface area contributed by atoms with E-state index in [1.807, 2.05) is 18.2 Å². The normalized spacial score (nSPS) is 13.3. The SMILES string of the molecule is COC(=O)c1c(NC(=O)c2ccccc2NS(=O)(=O)c2ccc(Cl)cc2)sc2c1CCN(Cc1ccccc1)C2. The number of methoxy groups -OCH3 is 1. The molecule has 5 rings (SSSR count). The molecule has 0 bridgehead atoms. The van der Waals surface area contributed by atoms with Crippen molar-refractivity contribution in [1.82, 2.24) is 4.90 Å². The number of para-hydroxylation sites is 1. The summed E-state index contributed by atoms with van der Waals surface area (Å²) in [6.07, 6.45) is 0.635. The number of sulfonamides is 1. The van der Waals surface area contributed by atoms with E-state index in [2.05, 4.69) is 27.1 Å². The van der Waals surface area contributed by atoms with Gasteiger partial charge in [0.1, 0.15) is 5.00 Å². The number of anilines is 2. The molecule has 0 unspecified atom stereocenters. The van der Waals surface area contributed by atoms with E-state index in [-0.39, 0.29) is 16.1 Å². The molecule has 1 aromatic heterocycles. The molecule has 0 saturated heterocycles. The summed E-state index contributed by atoms with van der Waals surface area (Å²) >= 11 is 7.23. The van der Waals surface area contributed by atoms with Crippen molar-refractivity contribution < 1.29 is 22.7 Å². The molecule has 40 heavy (non-hydrogen) atoms. The van der Waals surface area contributed by atoms with Crippen LogP contribution in [0.25, 0.3) is 0 Å². The van der Waals surface area contributed by atoms with E-state index in [9.17, 15) is 18.0 Å². The zero-order valence-corrected chi connectivity index (χ0v) is 23.9. The number of hydrogen-bond acceptors (Lipinski definition) is 7. The Hall–Kier alpha value is -3.70. The summed E-state index contributed by atoms with van der Waals surface area (Å²) in [7, 11) is -2.68. The predicted molar refractivity (Wildman–Crippen MR) is 157 cm³/mol. The number of thiophene rings is 1. The van der Waals surface area contributed by atoms with Crippen molar-refractivity contribution in [3.8, 4) is 0 Å². The minimum Gasteiger partial charge on any atom is -0.465 e. The Morgan fingerprint density at radius 2 is 1.70 bits per heavy atom. The first-order chi connectivity index (χ1) is 19.2. The summed E-state index contributed by atoms with van der Waals surface area (Å²) in [6.45, 7) is 2.16. The Morgan fingerprint density at radius 3 is 2.42 bits per heavy atom. The minimum absolute atomic E-state index is 0.00563. The second-order valence-electron chi connectivity index (χ2n) is 9.20. The Balaban J connectivity index is 1.40. The molecule has 2 heterocycles. The fourth-order valence-corrected chi connectivity index (χ4v) is 7.08. The minimum atomic E-state index is -3.98. The van der Waals surface area contributed by atoms with E-state index < -0.39 is 21.9 Å². The van der Waals surface area contributed by atoms with Crippen molar-refractivity contribution >= 4 is 55.5 Å². The monoisotopic (exact) mass is 595 g/mol. The first-order valence-corrected chi connectivity index (χ1v) is 15.1. The number of carbonyl (C=O) groups excluding carboxylic acids is 2. The Kier molecular flexibility index (Phi) is 8.22. The van der Waals surface area contributed by atoms with Crippen molar-refractivity contribution in [3.05, 3.63) is 111 Å². The number of carbonyl (C=O) groups is 2. The summed E-state index contributed by atoms with van der Waals surface area (Å²) in [4.78, 5) is 29.6. The van der Waals surface area contributed by atoms with Crippen LogP contribution in [0.5, 0.6) is 0 Å². The maximum Gasteiger partial charge on any atom is 0.341 e. The van der Waals surface area contributed by atoms with Crippen LogP contribution in [-0.2, 0) is 34.3 Å². The third-order valence-electron chi connectivity index (χ3n) is 6.54. The first kappa shape index (κ1) is 27.9. The number of esters is 1. The van der Waals surface area contributed by atoms with Crippen molar-refractivity contribution in [2.45, 2.75) is 24.4 Å². The van der Waals surface area contributed by atoms with Crippen LogP contribution in [0.1, 0.15) is 36.7 Å². The molecular weight excluding hydrogens is 570 g/mol. The van der Waals surface area contributed by atoms with Gasteiger partial charge in [0, 0.05) is 29.5 Å². The van der Waals surface area contributed by atoms with Gasteiger partial charge in [-0.3, -0.25) is 14.4 Å². The zero-order chi connectivity index (χ0) is 28.3. The number of amides is 1. The lowest BCUT2D eigenvalue weighted by Crippen LogP contribution is -2.29. The summed E-state index contributed by atoms with van der Waals surface area (Å²) in [6, 6.07) is 22.1. The van der Waals surface area contributed by atoms with Gasteiger partial charge in [0.25, 0.3) is 15.9 Å². The lowest BCUT2D eigenvalue weighted by molar-refractivity contribution is 0.0600. The molecule has 1 aliphatic rings. The molecule has 206 valence electrons. The van der Waals surface area contributed by atoms with Crippen LogP contribution in [0.15, 0.2) is 83.8 Å². The molecule has 3 aromatic carbocycles. The third-order valence-corrected chi connectivity index (χ3v) is 9.31. The smallest absolute Gasteiger partial charge is 0.341 e. The van der Waals surface area contributed by atoms with E-state index in [0.717, 1.165) is 23.5 Å². The lowest BCUT2D eigenvalue weighted by Gasteiger charge is -2.27. The van der Waals surface area contributed by atoms with Gasteiger partial charge < -0.3 is 10.1 Å². The van der Waals surface area contributed by atoms with E-state index in [1.165, 1.54) is 60.4 Å². The molecule has 1 amide bonds. The molecule has 0 fully saturated rings. The highest BCUT2D eigenvalue weighted by molar-refractivity contribution is 7.92. The molecule has 2 N–H and O–H groups in total. The van der Waals surface area contributed by atoms with Gasteiger partial charge in [0.05, 0.1) is 28.8 Å². The standard InChI is InChI=1S/C29H26ClN3O5S2/c1-38-29(35)26-23-15-16-33(17-19-7-3-2-4-8-19)18-25(23)39-28(26)31-27(34)22-9-5-6-10-24(22)32-40(36,37)21-13-11-20(30)12-14-21/h2-14,32H,15-18H2,1H3,(H,31,34). The molecule has 0 saturated carbocycles. The highest BCUT2D eigenvalue weighted by Gasteiger charge is 2.30. The van der Waals surface area contributed by atoms with Gasteiger partial charge >= 0.3 is 5.97 Å². The predicted octanol–water partition coefficient (Wildman–Crippen LogP) is 5.80. The van der Waals surface area contributed by atoms with Gasteiger partial charge in [-0.2, -0.15) is 0 Å². The third kappa shape index (κ3) is 6.05. The first-order valence-electron chi connectivity index (χ1n) is 12.4. The van der Waals surface area contributed by atoms with Crippen molar-refractivity contribution in [3.63, 3.8) is 0 Å². The quantitative estimate of drug-likeness (QED) is 0.250. The van der Waals surface area contributed by atoms with Crippen LogP contribution < -0.4 is 10.0 Å². The summed E-state index contributed by atoms with van der Waals surface area (Å²) in [5, 5.41) is 3.62. The molecule has 0 radical (unpaired) electrons. The second kappa shape index (κ2) is 11.8. The Bertz CT molecular complexity index is 1650. The second-order valence-corrected chi connectivity index (χ2v) is 12.4. The molecule has 0 spiro atoms. The fourth-order valence-electron chi connectivity index (χ4n) is 4.60. The zero-order valence-electron chi connectivity index (χ0n) is 21.5. The highest BCUT2D eigenvalue weighted by atomic mass is 35.5. The molecular formula is C29H26ClN3O5S2. The van der Waals surface area contributed by atoms with Gasteiger partial charge in [-0.1, -0.05) is 54.1 Å². The largest absolute Gasteiger partial charge is 0.465 e. The maximum absolute atomic E-state index is 13.5. The number of nitrogens with one attached hydrogen (secondary N) is 2. The molecule has 4 aromatic rings. The van der Waals surface area contributed by atoms with Crippen molar-refractivity contribution in [2.75, 3.05) is 23.7 Å². The van der Waals surface area contributed by atoms with Crippen molar-refractivity contribution in [1.29, 1.82) is 0 Å². The van der Waals surface area contributed by atoms with Crippen LogP contribution in [0.3, 0.4) is 0 Å². The maximum atomic E-state index is 13.5. The van der Waals surface area contributed by atoms with Gasteiger partial charge in [-0.15, -0.1) is 11.3 Å². The van der Waals surface area contributed by atoms with E-state index in [0.29, 0.717) is 28.6 Å². The summed E-state index contributed by atoms with van der Waals surface area (Å²) < 4.78 is 33.5. The summed E-state index contributed by atoms with van der Waals surface area (Å²) in [5.41, 5.74) is 2.61. The molecule has 8 nitrogen and oxygen atoms in total. The van der Waals surface area contributed by atoms with Crippen LogP contribution in [-0.4, -0.2) is 38.8 Å². The fraction of sp³-hybridized carbons (Fsp3) is 0.172. The van der Waals surface area contributed by atoms with Gasteiger partial charge in [-0.25, -0.2) is 13.2 Å². The number of fused-ring (bicyclic) bond motifs is 1. The number of rotatable bonds is 8. The summed E-state index contributed by atoms with van der Waals surface area (Å²) in [5.74, 6) is -1.08. The Labute approximate surface area is 241 Å². The molecule has 0 atom stereocenters. The highest BCUT2D eigenvalue weighted by Crippen LogP contribution is 2.38. The van der Waals surface area contributed by atoms with Crippen LogP contribution in [0.2, 0.25) is 5.02 Å². The van der Waals surface area contributed by atoms with E-state index in [1.54, 1.807) is 12.1 Å². The number of halogens is 1. The van der Waals surface area contributed by atoms with E-state index in [4.69, 9.17) is 16.3 Å². The average Bonchev–Trinajstić information content (AvgIpc) is 3.30. The van der Waals surface area contributed by atoms with Crippen LogP contribution >= 0.6 is 22.9 Å². The molecule has 0 aliphatic carbocycles. The number of benzene rings is 3. The van der Waals surface area contributed by atoms with Crippen LogP contribution in [0.4, 0.5) is 10.7 Å². The molecule has 1 aliphatic heterocycles. The Morgan fingerprint density at radius 1 is 1.00 bits per heavy atom. The number of ether oxygens (including phenoxy) is 1. The van der Waals surface area contributed by atoms with Crippen LogP contribution in [0, 0.1) is 0 Å². The van der Waals surface area contributed by atoms with Crippen molar-refractivity contribution in [2.24, 2.45) is 0 Å². The van der Waals surface area contributed by atoms with Gasteiger partial charge in [-0.05, 0) is 53.9 Å². The van der Waals surface area contributed by atoms with Gasteiger partial charge in [0.15, 0.2) is 0 Å². The van der Waals surface area contributed by atoms with Gasteiger partial charge in [0.2, 0.25) is 0 Å². The molecule has 11 heteroatoms. The topological polar surface area (TPSA) is 105 Å². The average molecular weight is 596 g/mol. The number of nitrogens with zero attached hydrogens (tertiary/aromatic N) is 1. The van der Waals surface area contributed by atoms with E-state index >= 15 is 0 Å².